The van der Waals surface area contributed by atoms with Crippen molar-refractivity contribution < 1.29 is 18.7 Å². The van der Waals surface area contributed by atoms with Crippen LogP contribution in [0.4, 0.5) is 5.00 Å². The molecule has 156 valence electrons. The lowest BCUT2D eigenvalue weighted by Gasteiger charge is -2.13. The topological polar surface area (TPSA) is 106 Å². The van der Waals surface area contributed by atoms with E-state index in [0.717, 1.165) is 44.1 Å². The molecule has 0 atom stereocenters. The molecule has 0 bridgehead atoms. The van der Waals surface area contributed by atoms with Crippen LogP contribution in [0, 0.1) is 0 Å². The van der Waals surface area contributed by atoms with Crippen LogP contribution in [-0.2, 0) is 22.4 Å². The zero-order valence-corrected chi connectivity index (χ0v) is 17.9. The standard InChI is InChI=1S/C19H24N4O4S2/c1-26-9-8-20-16(25)15-12-4-2-3-5-13(12)29-18(15)21-14(24)10-28-19-23-22-17(27-19)11-6-7-11/h11H,2-10H2,1H3,(H,20,25)(H,21,24). The number of rotatable bonds is 9. The van der Waals surface area contributed by atoms with Crippen LogP contribution in [0.25, 0.3) is 0 Å². The molecule has 1 fully saturated rings. The number of amides is 2. The van der Waals surface area contributed by atoms with Gasteiger partial charge < -0.3 is 19.8 Å². The highest BCUT2D eigenvalue weighted by molar-refractivity contribution is 7.99. The Bertz CT molecular complexity index is 891. The molecule has 2 aliphatic carbocycles. The molecule has 2 N–H and O–H groups in total. The molecule has 29 heavy (non-hydrogen) atoms. The molecule has 0 radical (unpaired) electrons. The number of thiophene rings is 1. The quantitative estimate of drug-likeness (QED) is 0.460. The van der Waals surface area contributed by atoms with Crippen LogP contribution in [0.1, 0.15) is 58.3 Å². The molecule has 2 aromatic rings. The fourth-order valence-electron chi connectivity index (χ4n) is 3.31. The molecular weight excluding hydrogens is 412 g/mol. The van der Waals surface area contributed by atoms with Gasteiger partial charge in [0.25, 0.3) is 11.1 Å². The number of hydrogen-bond acceptors (Lipinski definition) is 8. The minimum Gasteiger partial charge on any atom is -0.416 e. The average molecular weight is 437 g/mol. The molecule has 2 aliphatic rings. The minimum absolute atomic E-state index is 0.152. The predicted octanol–water partition coefficient (Wildman–Crippen LogP) is 2.99. The third-order valence-electron chi connectivity index (χ3n) is 4.92. The number of aromatic nitrogens is 2. The van der Waals surface area contributed by atoms with Crippen LogP contribution in [0.15, 0.2) is 9.64 Å². The first kappa shape index (κ1) is 20.4. The number of carbonyl (C=O) groups is 2. The fourth-order valence-corrected chi connectivity index (χ4v) is 5.19. The van der Waals surface area contributed by atoms with E-state index in [-0.39, 0.29) is 17.6 Å². The molecule has 0 unspecified atom stereocenters. The largest absolute Gasteiger partial charge is 0.416 e. The monoisotopic (exact) mass is 436 g/mol. The molecule has 0 aliphatic heterocycles. The van der Waals surface area contributed by atoms with Gasteiger partial charge in [0.1, 0.15) is 5.00 Å². The summed E-state index contributed by atoms with van der Waals surface area (Å²) in [7, 11) is 1.60. The summed E-state index contributed by atoms with van der Waals surface area (Å²) in [5, 5.41) is 14.9. The Labute approximate surface area is 177 Å². The molecule has 8 nitrogen and oxygen atoms in total. The summed E-state index contributed by atoms with van der Waals surface area (Å²) in [6.07, 6.45) is 6.17. The summed E-state index contributed by atoms with van der Waals surface area (Å²) in [6.45, 7) is 0.882. The lowest BCUT2D eigenvalue weighted by molar-refractivity contribution is -0.113. The van der Waals surface area contributed by atoms with E-state index in [0.29, 0.717) is 40.7 Å². The lowest BCUT2D eigenvalue weighted by Crippen LogP contribution is -2.29. The third-order valence-corrected chi connectivity index (χ3v) is 6.94. The SMILES string of the molecule is COCCNC(=O)c1c(NC(=O)CSc2nnc(C3CC3)o2)sc2c1CCCC2. The Morgan fingerprint density at radius 2 is 2.10 bits per heavy atom. The number of methoxy groups -OCH3 is 1. The van der Waals surface area contributed by atoms with Crippen molar-refractivity contribution in [2.24, 2.45) is 0 Å². The van der Waals surface area contributed by atoms with Crippen LogP contribution in [0.2, 0.25) is 0 Å². The van der Waals surface area contributed by atoms with Crippen molar-refractivity contribution in [3.63, 3.8) is 0 Å². The van der Waals surface area contributed by atoms with Crippen molar-refractivity contribution in [1.29, 1.82) is 0 Å². The van der Waals surface area contributed by atoms with Gasteiger partial charge in [-0.15, -0.1) is 21.5 Å². The van der Waals surface area contributed by atoms with Gasteiger partial charge in [-0.25, -0.2) is 0 Å². The highest BCUT2D eigenvalue weighted by Gasteiger charge is 2.30. The van der Waals surface area contributed by atoms with E-state index in [1.165, 1.54) is 28.0 Å². The number of anilines is 1. The third kappa shape index (κ3) is 4.99. The maximum Gasteiger partial charge on any atom is 0.277 e. The second kappa shape index (κ2) is 9.27. The maximum atomic E-state index is 12.8. The van der Waals surface area contributed by atoms with Crippen LogP contribution in [0.3, 0.4) is 0 Å². The summed E-state index contributed by atoms with van der Waals surface area (Å²) >= 11 is 2.73. The van der Waals surface area contributed by atoms with E-state index in [1.54, 1.807) is 7.11 Å². The van der Waals surface area contributed by atoms with Crippen LogP contribution in [-0.4, -0.2) is 48.0 Å². The summed E-state index contributed by atoms with van der Waals surface area (Å²) in [6, 6.07) is 0. The second-order valence-corrected chi connectivity index (χ2v) is 9.21. The van der Waals surface area contributed by atoms with Gasteiger partial charge in [-0.2, -0.15) is 0 Å². The van der Waals surface area contributed by atoms with Crippen LogP contribution < -0.4 is 10.6 Å². The van der Waals surface area contributed by atoms with Crippen molar-refractivity contribution in [2.75, 3.05) is 31.3 Å². The average Bonchev–Trinajstić information content (AvgIpc) is 3.34. The van der Waals surface area contributed by atoms with Gasteiger partial charge in [0.05, 0.1) is 17.9 Å². The zero-order chi connectivity index (χ0) is 20.2. The molecule has 4 rings (SSSR count). The number of fused-ring (bicyclic) bond motifs is 1. The highest BCUT2D eigenvalue weighted by Crippen LogP contribution is 2.40. The van der Waals surface area contributed by atoms with Crippen molar-refractivity contribution >= 4 is 39.9 Å². The zero-order valence-electron chi connectivity index (χ0n) is 16.3. The summed E-state index contributed by atoms with van der Waals surface area (Å²) < 4.78 is 10.6. The van der Waals surface area contributed by atoms with E-state index in [9.17, 15) is 9.59 Å². The number of thioether (sulfide) groups is 1. The van der Waals surface area contributed by atoms with E-state index in [1.807, 2.05) is 0 Å². The number of ether oxygens (including phenoxy) is 1. The minimum atomic E-state index is -0.189. The van der Waals surface area contributed by atoms with Gasteiger partial charge in [0, 0.05) is 24.4 Å². The van der Waals surface area contributed by atoms with Gasteiger partial charge >= 0.3 is 0 Å². The maximum absolute atomic E-state index is 12.8. The Balaban J connectivity index is 1.41. The van der Waals surface area contributed by atoms with Crippen LogP contribution >= 0.6 is 23.1 Å². The normalized spacial score (nSPS) is 15.8. The first-order valence-corrected chi connectivity index (χ1v) is 11.6. The van der Waals surface area contributed by atoms with Gasteiger partial charge in [-0.3, -0.25) is 9.59 Å². The first-order chi connectivity index (χ1) is 14.2. The summed E-state index contributed by atoms with van der Waals surface area (Å²) in [5.74, 6) is 0.858. The number of nitrogens with one attached hydrogen (secondary N) is 2. The van der Waals surface area contributed by atoms with E-state index >= 15 is 0 Å². The van der Waals surface area contributed by atoms with Crippen molar-refractivity contribution in [2.45, 2.75) is 49.7 Å². The first-order valence-electron chi connectivity index (χ1n) is 9.83. The summed E-state index contributed by atoms with van der Waals surface area (Å²) in [4.78, 5) is 26.5. The Kier molecular flexibility index (Phi) is 6.51. The van der Waals surface area contributed by atoms with E-state index < -0.39 is 0 Å². The van der Waals surface area contributed by atoms with Crippen LogP contribution in [0.5, 0.6) is 0 Å². The Hall–Kier alpha value is -1.91. The fraction of sp³-hybridized carbons (Fsp3) is 0.579. The Morgan fingerprint density at radius 3 is 2.90 bits per heavy atom. The van der Waals surface area contributed by atoms with Gasteiger partial charge in [0.15, 0.2) is 0 Å². The number of carbonyl (C=O) groups excluding carboxylic acids is 2. The lowest BCUT2D eigenvalue weighted by atomic mass is 9.95. The number of aryl methyl sites for hydroxylation is 1. The molecule has 2 aromatic heterocycles. The molecular formula is C19H24N4O4S2. The highest BCUT2D eigenvalue weighted by atomic mass is 32.2. The number of nitrogens with zero attached hydrogens (tertiary/aromatic N) is 2. The molecule has 10 heteroatoms. The molecule has 0 spiro atoms. The van der Waals surface area contributed by atoms with Crippen molar-refractivity contribution in [3.05, 3.63) is 21.9 Å². The molecule has 2 heterocycles. The smallest absolute Gasteiger partial charge is 0.277 e. The van der Waals surface area contributed by atoms with Gasteiger partial charge in [-0.05, 0) is 44.1 Å². The predicted molar refractivity (Wildman–Crippen MR) is 111 cm³/mol. The van der Waals surface area contributed by atoms with Crippen molar-refractivity contribution in [3.8, 4) is 0 Å². The molecule has 2 amide bonds. The Morgan fingerprint density at radius 1 is 1.28 bits per heavy atom. The summed E-state index contributed by atoms with van der Waals surface area (Å²) in [5.41, 5.74) is 1.68. The molecule has 0 saturated heterocycles. The van der Waals surface area contributed by atoms with Gasteiger partial charge in [0.2, 0.25) is 11.8 Å². The second-order valence-electron chi connectivity index (χ2n) is 7.18. The van der Waals surface area contributed by atoms with Crippen molar-refractivity contribution in [1.82, 2.24) is 15.5 Å². The molecule has 0 aromatic carbocycles. The van der Waals surface area contributed by atoms with E-state index in [2.05, 4.69) is 20.8 Å². The molecule has 1 saturated carbocycles. The van der Waals surface area contributed by atoms with Gasteiger partial charge in [-0.1, -0.05) is 11.8 Å². The van der Waals surface area contributed by atoms with E-state index in [4.69, 9.17) is 9.15 Å². The number of hydrogen-bond donors (Lipinski definition) is 2.